The van der Waals surface area contributed by atoms with E-state index in [1.54, 1.807) is 16.8 Å². The molecular weight excluding hydrogens is 278 g/mol. The lowest BCUT2D eigenvalue weighted by Crippen LogP contribution is -2.27. The second-order valence-electron chi connectivity index (χ2n) is 4.72. The third-order valence-electron chi connectivity index (χ3n) is 3.18. The zero-order valence-electron chi connectivity index (χ0n) is 12.8. The van der Waals surface area contributed by atoms with Gasteiger partial charge in [-0.1, -0.05) is 19.1 Å². The zero-order chi connectivity index (χ0) is 15.9. The predicted octanol–water partition coefficient (Wildman–Crippen LogP) is 2.89. The summed E-state index contributed by atoms with van der Waals surface area (Å²) in [7, 11) is 0. The number of hydrogen-bond acceptors (Lipinski definition) is 3. The molecule has 0 bridgehead atoms. The summed E-state index contributed by atoms with van der Waals surface area (Å²) >= 11 is 0. The Balaban J connectivity index is 2.51. The molecule has 0 saturated heterocycles. The van der Waals surface area contributed by atoms with Crippen molar-refractivity contribution < 1.29 is 9.53 Å². The molecule has 5 heteroatoms. The number of aromatic nitrogens is 1. The van der Waals surface area contributed by atoms with E-state index in [2.05, 4.69) is 11.4 Å². The van der Waals surface area contributed by atoms with Gasteiger partial charge in [-0.25, -0.2) is 0 Å². The van der Waals surface area contributed by atoms with Gasteiger partial charge in [-0.15, -0.1) is 0 Å². The van der Waals surface area contributed by atoms with Crippen LogP contribution >= 0.6 is 0 Å². The number of benzene rings is 1. The fourth-order valence-corrected chi connectivity index (χ4v) is 2.21. The van der Waals surface area contributed by atoms with E-state index in [-0.39, 0.29) is 5.91 Å². The minimum Gasteiger partial charge on any atom is -0.492 e. The maximum absolute atomic E-state index is 12.4. The van der Waals surface area contributed by atoms with Gasteiger partial charge in [0.1, 0.15) is 17.5 Å². The molecule has 0 saturated carbocycles. The summed E-state index contributed by atoms with van der Waals surface area (Å²) in [4.78, 5) is 12.4. The molecule has 0 fully saturated rings. The second-order valence-corrected chi connectivity index (χ2v) is 4.72. The average Bonchev–Trinajstić information content (AvgIpc) is 2.97. The van der Waals surface area contributed by atoms with Crippen molar-refractivity contribution in [3.05, 3.63) is 47.8 Å². The van der Waals surface area contributed by atoms with E-state index in [9.17, 15) is 10.1 Å². The Morgan fingerprint density at radius 2 is 2.09 bits per heavy atom. The molecule has 2 aromatic rings. The van der Waals surface area contributed by atoms with E-state index in [4.69, 9.17) is 4.74 Å². The highest BCUT2D eigenvalue weighted by Crippen LogP contribution is 2.26. The van der Waals surface area contributed by atoms with Crippen molar-refractivity contribution in [1.82, 2.24) is 9.88 Å². The summed E-state index contributed by atoms with van der Waals surface area (Å²) in [6.07, 6.45) is 2.56. The van der Waals surface area contributed by atoms with Crippen molar-refractivity contribution in [1.29, 1.82) is 5.26 Å². The summed E-state index contributed by atoms with van der Waals surface area (Å²) in [5.74, 6) is 0.421. The molecule has 114 valence electrons. The molecule has 1 heterocycles. The van der Waals surface area contributed by atoms with Crippen LogP contribution in [0.2, 0.25) is 0 Å². The first-order valence-electron chi connectivity index (χ1n) is 7.34. The number of nitrogens with one attached hydrogen (secondary N) is 1. The molecule has 22 heavy (non-hydrogen) atoms. The maximum Gasteiger partial charge on any atom is 0.269 e. The van der Waals surface area contributed by atoms with Gasteiger partial charge in [0.2, 0.25) is 0 Å². The number of ether oxygens (including phenoxy) is 1. The topological polar surface area (TPSA) is 67.0 Å². The van der Waals surface area contributed by atoms with Gasteiger partial charge in [-0.3, -0.25) is 4.79 Å². The second kappa shape index (κ2) is 7.32. The fraction of sp³-hybridized carbons (Fsp3) is 0.294. The van der Waals surface area contributed by atoms with Crippen LogP contribution in [-0.4, -0.2) is 23.6 Å². The van der Waals surface area contributed by atoms with Crippen LogP contribution in [0, 0.1) is 11.3 Å². The summed E-state index contributed by atoms with van der Waals surface area (Å²) in [6, 6.07) is 11.2. The normalized spacial score (nSPS) is 10.0. The first-order valence-corrected chi connectivity index (χ1v) is 7.34. The summed E-state index contributed by atoms with van der Waals surface area (Å²) in [5.41, 5.74) is 1.43. The monoisotopic (exact) mass is 297 g/mol. The Hall–Kier alpha value is -2.74. The van der Waals surface area contributed by atoms with Crippen molar-refractivity contribution in [3.8, 4) is 17.5 Å². The Morgan fingerprint density at radius 3 is 2.77 bits per heavy atom. The van der Waals surface area contributed by atoms with E-state index >= 15 is 0 Å². The molecule has 0 unspecified atom stereocenters. The number of nitriles is 1. The van der Waals surface area contributed by atoms with Gasteiger partial charge in [-0.2, -0.15) is 5.26 Å². The number of rotatable bonds is 6. The smallest absolute Gasteiger partial charge is 0.269 e. The van der Waals surface area contributed by atoms with Crippen molar-refractivity contribution in [2.75, 3.05) is 13.2 Å². The van der Waals surface area contributed by atoms with Crippen LogP contribution < -0.4 is 10.1 Å². The molecule has 1 amide bonds. The molecule has 0 spiro atoms. The van der Waals surface area contributed by atoms with Crippen molar-refractivity contribution in [2.45, 2.75) is 20.3 Å². The SMILES string of the molecule is CCCNC(=O)c1c(C#N)ccn1-c1ccccc1OCC. The maximum atomic E-state index is 12.4. The Labute approximate surface area is 130 Å². The van der Waals surface area contributed by atoms with Gasteiger partial charge in [0.15, 0.2) is 0 Å². The minimum absolute atomic E-state index is 0.255. The van der Waals surface area contributed by atoms with E-state index in [0.29, 0.717) is 30.2 Å². The molecule has 0 atom stereocenters. The summed E-state index contributed by atoms with van der Waals surface area (Å²) < 4.78 is 7.32. The van der Waals surface area contributed by atoms with Crippen LogP contribution in [0.25, 0.3) is 5.69 Å². The summed E-state index contributed by atoms with van der Waals surface area (Å²) in [6.45, 7) is 4.99. The minimum atomic E-state index is -0.255. The lowest BCUT2D eigenvalue weighted by atomic mass is 10.2. The van der Waals surface area contributed by atoms with Gasteiger partial charge in [0, 0.05) is 12.7 Å². The van der Waals surface area contributed by atoms with Crippen LogP contribution in [0.4, 0.5) is 0 Å². The molecule has 0 aliphatic carbocycles. The van der Waals surface area contributed by atoms with Crippen LogP contribution in [-0.2, 0) is 0 Å². The lowest BCUT2D eigenvalue weighted by Gasteiger charge is -2.14. The van der Waals surface area contributed by atoms with Crippen LogP contribution in [0.3, 0.4) is 0 Å². The van der Waals surface area contributed by atoms with Gasteiger partial charge < -0.3 is 14.6 Å². The third-order valence-corrected chi connectivity index (χ3v) is 3.18. The van der Waals surface area contributed by atoms with E-state index in [1.165, 1.54) is 0 Å². The molecular formula is C17H19N3O2. The molecule has 0 radical (unpaired) electrons. The highest BCUT2D eigenvalue weighted by molar-refractivity contribution is 5.96. The standard InChI is InChI=1S/C17H19N3O2/c1-3-10-19-17(21)16-13(12-18)9-11-20(16)14-7-5-6-8-15(14)22-4-2/h5-9,11H,3-4,10H2,1-2H3,(H,19,21). The number of carbonyl (C=O) groups is 1. The van der Waals surface area contributed by atoms with Gasteiger partial charge in [0.05, 0.1) is 17.9 Å². The lowest BCUT2D eigenvalue weighted by molar-refractivity contribution is 0.0946. The van der Waals surface area contributed by atoms with Crippen LogP contribution in [0.5, 0.6) is 5.75 Å². The van der Waals surface area contributed by atoms with Gasteiger partial charge in [0.25, 0.3) is 5.91 Å². The average molecular weight is 297 g/mol. The third kappa shape index (κ3) is 3.12. The Morgan fingerprint density at radius 1 is 1.32 bits per heavy atom. The zero-order valence-corrected chi connectivity index (χ0v) is 12.8. The number of amides is 1. The number of nitrogens with zero attached hydrogens (tertiary/aromatic N) is 2. The molecule has 2 rings (SSSR count). The molecule has 0 aliphatic heterocycles. The number of hydrogen-bond donors (Lipinski definition) is 1. The van der Waals surface area contributed by atoms with Crippen molar-refractivity contribution >= 4 is 5.91 Å². The first kappa shape index (κ1) is 15.6. The number of para-hydroxylation sites is 2. The molecule has 5 nitrogen and oxygen atoms in total. The predicted molar refractivity (Wildman–Crippen MR) is 84.3 cm³/mol. The highest BCUT2D eigenvalue weighted by Gasteiger charge is 2.19. The molecule has 1 aromatic heterocycles. The van der Waals surface area contributed by atoms with E-state index < -0.39 is 0 Å². The molecule has 1 aromatic carbocycles. The highest BCUT2D eigenvalue weighted by atomic mass is 16.5. The van der Waals surface area contributed by atoms with E-state index in [0.717, 1.165) is 12.1 Å². The van der Waals surface area contributed by atoms with Crippen molar-refractivity contribution in [3.63, 3.8) is 0 Å². The quantitative estimate of drug-likeness (QED) is 0.891. The van der Waals surface area contributed by atoms with Crippen molar-refractivity contribution in [2.24, 2.45) is 0 Å². The van der Waals surface area contributed by atoms with Gasteiger partial charge >= 0.3 is 0 Å². The molecule has 0 aliphatic rings. The Bertz CT molecular complexity index is 698. The van der Waals surface area contributed by atoms with Crippen LogP contribution in [0.1, 0.15) is 36.3 Å². The van der Waals surface area contributed by atoms with Crippen LogP contribution in [0.15, 0.2) is 36.5 Å². The van der Waals surface area contributed by atoms with Gasteiger partial charge in [-0.05, 0) is 31.5 Å². The fourth-order valence-electron chi connectivity index (χ4n) is 2.21. The number of carbonyl (C=O) groups excluding carboxylic acids is 1. The largest absolute Gasteiger partial charge is 0.492 e. The Kier molecular flexibility index (Phi) is 5.21. The van der Waals surface area contributed by atoms with E-state index in [1.807, 2.05) is 38.1 Å². The first-order chi connectivity index (χ1) is 10.7. The summed E-state index contributed by atoms with van der Waals surface area (Å²) in [5, 5.41) is 12.1. The molecule has 1 N–H and O–H groups in total.